The van der Waals surface area contributed by atoms with Crippen molar-refractivity contribution in [2.24, 2.45) is 0 Å². The van der Waals surface area contributed by atoms with E-state index in [1.807, 2.05) is 0 Å². The van der Waals surface area contributed by atoms with E-state index in [9.17, 15) is 22.0 Å². The third kappa shape index (κ3) is 9.60. The van der Waals surface area contributed by atoms with E-state index in [0.29, 0.717) is 6.42 Å². The third-order valence-corrected chi connectivity index (χ3v) is 3.18. The van der Waals surface area contributed by atoms with Crippen LogP contribution in [0.1, 0.15) is 44.9 Å². The van der Waals surface area contributed by atoms with Crippen molar-refractivity contribution < 1.29 is 26.7 Å². The molecule has 0 heterocycles. The van der Waals surface area contributed by atoms with Crippen molar-refractivity contribution in [1.82, 2.24) is 0 Å². The molecule has 0 saturated carbocycles. The molecule has 0 saturated heterocycles. The average molecular weight is 355 g/mol. The summed E-state index contributed by atoms with van der Waals surface area (Å²) in [6, 6.07) is 0. The van der Waals surface area contributed by atoms with Gasteiger partial charge in [0.2, 0.25) is 0 Å². The van der Waals surface area contributed by atoms with Crippen molar-refractivity contribution in [2.45, 2.75) is 57.0 Å². The fraction of sp³-hybridized carbons (Fsp3) is 1.00. The molecule has 0 rings (SSSR count). The summed E-state index contributed by atoms with van der Waals surface area (Å²) < 4.78 is 64.6. The number of halogens is 6. The van der Waals surface area contributed by atoms with Gasteiger partial charge in [-0.15, -0.1) is 0 Å². The first kappa shape index (κ1) is 19.1. The van der Waals surface area contributed by atoms with Crippen LogP contribution in [0.2, 0.25) is 0 Å². The summed E-state index contributed by atoms with van der Waals surface area (Å²) in [4.78, 5) is 0. The van der Waals surface area contributed by atoms with Crippen LogP contribution in [0.15, 0.2) is 0 Å². The van der Waals surface area contributed by atoms with Gasteiger partial charge in [0.15, 0.2) is 0 Å². The smallest absolute Gasteiger partial charge is 0.375 e. The second-order valence-corrected chi connectivity index (χ2v) is 5.21. The summed E-state index contributed by atoms with van der Waals surface area (Å²) in [5.74, 6) is -4.75. The van der Waals surface area contributed by atoms with E-state index < -0.39 is 18.7 Å². The highest BCUT2D eigenvalue weighted by atomic mass is 79.9. The maximum absolute atomic E-state index is 12.4. The van der Waals surface area contributed by atoms with Gasteiger partial charge in [-0.1, -0.05) is 48.0 Å². The van der Waals surface area contributed by atoms with E-state index in [2.05, 4.69) is 20.7 Å². The molecule has 0 atom stereocenters. The van der Waals surface area contributed by atoms with Crippen LogP contribution in [0.5, 0.6) is 0 Å². The van der Waals surface area contributed by atoms with Gasteiger partial charge in [0, 0.05) is 11.9 Å². The maximum Gasteiger partial charge on any atom is 0.455 e. The third-order valence-electron chi connectivity index (χ3n) is 2.62. The zero-order chi connectivity index (χ0) is 14.8. The number of alkyl halides is 6. The molecule has 0 aromatic carbocycles. The van der Waals surface area contributed by atoms with E-state index in [1.54, 1.807) is 0 Å². The summed E-state index contributed by atoms with van der Waals surface area (Å²) in [6.07, 6.45) is 1.22. The van der Waals surface area contributed by atoms with E-state index in [-0.39, 0.29) is 6.61 Å². The second-order valence-electron chi connectivity index (χ2n) is 4.42. The SMILES string of the molecule is FC(F)(F)C(F)(F)COCCCCCCCCCBr. The number of rotatable bonds is 11. The molecule has 0 aliphatic carbocycles. The number of unbranched alkanes of at least 4 members (excludes halogenated alkanes) is 6. The summed E-state index contributed by atoms with van der Waals surface area (Å²) in [5.41, 5.74) is 0. The Labute approximate surface area is 119 Å². The van der Waals surface area contributed by atoms with Gasteiger partial charge in [0.05, 0.1) is 0 Å². The summed E-state index contributed by atoms with van der Waals surface area (Å²) in [6.45, 7) is -1.63. The minimum absolute atomic E-state index is 0.0485. The van der Waals surface area contributed by atoms with Gasteiger partial charge in [-0.05, 0) is 12.8 Å². The van der Waals surface area contributed by atoms with Crippen LogP contribution in [0.3, 0.4) is 0 Å². The van der Waals surface area contributed by atoms with E-state index in [1.165, 1.54) is 0 Å². The Balaban J connectivity index is 3.37. The molecule has 0 aliphatic heterocycles. The first-order chi connectivity index (χ1) is 8.81. The molecule has 0 fully saturated rings. The summed E-state index contributed by atoms with van der Waals surface area (Å²) in [5, 5.41) is 0.994. The van der Waals surface area contributed by atoms with Crippen molar-refractivity contribution in [3.8, 4) is 0 Å². The minimum Gasteiger partial charge on any atom is -0.375 e. The molecule has 0 unspecified atom stereocenters. The average Bonchev–Trinajstić information content (AvgIpc) is 2.30. The van der Waals surface area contributed by atoms with Crippen LogP contribution in [0.4, 0.5) is 22.0 Å². The molecule has 0 radical (unpaired) electrons. The predicted octanol–water partition coefficient (Wildman–Crippen LogP) is 5.33. The molecule has 0 aliphatic rings. The molecular weight excluding hydrogens is 335 g/mol. The monoisotopic (exact) mass is 354 g/mol. The fourth-order valence-corrected chi connectivity index (χ4v) is 1.86. The first-order valence-corrected chi connectivity index (χ1v) is 7.51. The number of ether oxygens (including phenoxy) is 1. The van der Waals surface area contributed by atoms with Gasteiger partial charge in [-0.25, -0.2) is 0 Å². The van der Waals surface area contributed by atoms with Crippen molar-refractivity contribution >= 4 is 15.9 Å². The lowest BCUT2D eigenvalue weighted by molar-refractivity contribution is -0.296. The summed E-state index contributed by atoms with van der Waals surface area (Å²) in [7, 11) is 0. The topological polar surface area (TPSA) is 9.23 Å². The molecule has 0 amide bonds. The Kier molecular flexibility index (Phi) is 9.96. The molecule has 0 spiro atoms. The maximum atomic E-state index is 12.4. The van der Waals surface area contributed by atoms with Gasteiger partial charge in [-0.2, -0.15) is 22.0 Å². The van der Waals surface area contributed by atoms with Crippen LogP contribution >= 0.6 is 15.9 Å². The highest BCUT2D eigenvalue weighted by molar-refractivity contribution is 9.09. The van der Waals surface area contributed by atoms with Crippen molar-refractivity contribution in [2.75, 3.05) is 18.5 Å². The van der Waals surface area contributed by atoms with Crippen molar-refractivity contribution in [3.63, 3.8) is 0 Å². The van der Waals surface area contributed by atoms with Crippen LogP contribution in [-0.2, 0) is 4.74 Å². The Morgan fingerprint density at radius 3 is 1.68 bits per heavy atom. The van der Waals surface area contributed by atoms with Gasteiger partial charge in [0.25, 0.3) is 0 Å². The molecule has 19 heavy (non-hydrogen) atoms. The molecule has 0 bridgehead atoms. The normalized spacial score (nSPS) is 12.9. The lowest BCUT2D eigenvalue weighted by Gasteiger charge is -2.19. The molecule has 0 aromatic rings. The van der Waals surface area contributed by atoms with Crippen LogP contribution in [-0.4, -0.2) is 30.6 Å². The Morgan fingerprint density at radius 2 is 1.21 bits per heavy atom. The van der Waals surface area contributed by atoms with Gasteiger partial charge >= 0.3 is 12.1 Å². The fourth-order valence-electron chi connectivity index (χ4n) is 1.46. The van der Waals surface area contributed by atoms with Gasteiger partial charge < -0.3 is 4.74 Å². The summed E-state index contributed by atoms with van der Waals surface area (Å²) >= 11 is 3.33. The zero-order valence-electron chi connectivity index (χ0n) is 10.7. The Bertz CT molecular complexity index is 221. The van der Waals surface area contributed by atoms with E-state index in [4.69, 9.17) is 0 Å². The molecule has 0 N–H and O–H groups in total. The highest BCUT2D eigenvalue weighted by Crippen LogP contribution is 2.35. The second kappa shape index (κ2) is 9.91. The lowest BCUT2D eigenvalue weighted by Crippen LogP contribution is -2.40. The van der Waals surface area contributed by atoms with Gasteiger partial charge in [-0.3, -0.25) is 0 Å². The van der Waals surface area contributed by atoms with Crippen molar-refractivity contribution in [1.29, 1.82) is 0 Å². The zero-order valence-corrected chi connectivity index (χ0v) is 12.3. The molecule has 7 heteroatoms. The Morgan fingerprint density at radius 1 is 0.737 bits per heavy atom. The largest absolute Gasteiger partial charge is 0.455 e. The van der Waals surface area contributed by atoms with Crippen LogP contribution in [0, 0.1) is 0 Å². The van der Waals surface area contributed by atoms with E-state index >= 15 is 0 Å². The number of hydrogen-bond donors (Lipinski definition) is 0. The molecular formula is C12H20BrF5O. The van der Waals surface area contributed by atoms with Crippen LogP contribution in [0.25, 0.3) is 0 Å². The van der Waals surface area contributed by atoms with Crippen molar-refractivity contribution in [3.05, 3.63) is 0 Å². The van der Waals surface area contributed by atoms with Crippen LogP contribution < -0.4 is 0 Å². The molecule has 116 valence electrons. The molecule has 0 aromatic heterocycles. The Hall–Kier alpha value is 0.0900. The van der Waals surface area contributed by atoms with Gasteiger partial charge in [0.1, 0.15) is 6.61 Å². The predicted molar refractivity (Wildman–Crippen MR) is 67.9 cm³/mol. The number of hydrogen-bond acceptors (Lipinski definition) is 1. The minimum atomic E-state index is -5.53. The standard InChI is InChI=1S/C12H20BrF5O/c13-8-6-4-2-1-3-5-7-9-19-10-11(14,15)12(16,17)18/h1-10H2. The highest BCUT2D eigenvalue weighted by Gasteiger charge is 2.57. The van der Waals surface area contributed by atoms with E-state index in [0.717, 1.165) is 43.9 Å². The molecule has 1 nitrogen and oxygen atoms in total. The lowest BCUT2D eigenvalue weighted by atomic mass is 10.1. The first-order valence-electron chi connectivity index (χ1n) is 6.39. The quantitative estimate of drug-likeness (QED) is 0.277.